The van der Waals surface area contributed by atoms with E-state index in [1.807, 2.05) is 18.3 Å². The van der Waals surface area contributed by atoms with Crippen LogP contribution in [0.2, 0.25) is 0 Å². The molecule has 6 rings (SSSR count). The maximum Gasteiger partial charge on any atom is 0.150 e. The Balaban J connectivity index is 1.29. The van der Waals surface area contributed by atoms with Gasteiger partial charge in [0.2, 0.25) is 0 Å². The first-order chi connectivity index (χ1) is 17.1. The second-order valence-electron chi connectivity index (χ2n) is 9.51. The van der Waals surface area contributed by atoms with Gasteiger partial charge in [0.15, 0.2) is 0 Å². The third-order valence-corrected chi connectivity index (χ3v) is 8.53. The Kier molecular flexibility index (Phi) is 5.57. The molecule has 1 aliphatic carbocycles. The zero-order valence-corrected chi connectivity index (χ0v) is 20.5. The fraction of sp³-hybridized carbons (Fsp3) is 0.286. The minimum Gasteiger partial charge on any atom is -0.382 e. The largest absolute Gasteiger partial charge is 0.382 e. The fourth-order valence-electron chi connectivity index (χ4n) is 5.39. The molecule has 0 aliphatic heterocycles. The highest BCUT2D eigenvalue weighted by Crippen LogP contribution is 2.42. The average Bonchev–Trinajstić information content (AvgIpc) is 3.48. The zero-order valence-electron chi connectivity index (χ0n) is 19.6. The predicted octanol–water partition coefficient (Wildman–Crippen LogP) is 5.98. The Hall–Kier alpha value is -3.58. The highest BCUT2D eigenvalue weighted by atomic mass is 32.1. The van der Waals surface area contributed by atoms with E-state index in [9.17, 15) is 4.79 Å². The second-order valence-corrected chi connectivity index (χ2v) is 10.6. The molecule has 35 heavy (non-hydrogen) atoms. The van der Waals surface area contributed by atoms with Crippen LogP contribution in [0.15, 0.2) is 61.2 Å². The maximum atomic E-state index is 12.9. The molecule has 7 heteroatoms. The molecule has 6 nitrogen and oxygen atoms in total. The molecule has 1 aromatic carbocycles. The Morgan fingerprint density at radius 3 is 2.77 bits per heavy atom. The van der Waals surface area contributed by atoms with Crippen LogP contribution in [-0.2, 0) is 11.2 Å². The number of ketones is 1. The van der Waals surface area contributed by atoms with Crippen molar-refractivity contribution < 1.29 is 4.79 Å². The lowest BCUT2D eigenvalue weighted by Crippen LogP contribution is -2.23. The number of Topliss-reactive ketones (excluding diaryl/α,β-unsaturated/α-hetero) is 1. The molecule has 5 aromatic rings. The summed E-state index contributed by atoms with van der Waals surface area (Å²) in [6, 6.07) is 12.5. The van der Waals surface area contributed by atoms with E-state index < -0.39 is 0 Å². The number of benzene rings is 1. The lowest BCUT2D eigenvalue weighted by molar-refractivity contribution is -0.123. The first kappa shape index (κ1) is 21.9. The topological polar surface area (TPSA) is 86.2 Å². The zero-order chi connectivity index (χ0) is 23.9. The Labute approximate surface area is 207 Å². The third kappa shape index (κ3) is 4.00. The fourth-order valence-corrected chi connectivity index (χ4v) is 6.51. The standard InChI is InChI=1S/C28H27N5OS/c1-17-4-2-6-21-15-23(35-26(17)21)24-25-27(29)31-12-13-33(25)28(32-24)20-9-7-19(8-10-20)22(34)14-18-5-3-11-30-16-18/h2-6,11-13,15-16,19-20H,7-10,14H2,1H3,(H2,29,31). The molecule has 0 saturated heterocycles. The van der Waals surface area contributed by atoms with Crippen molar-refractivity contribution in [1.82, 2.24) is 19.4 Å². The summed E-state index contributed by atoms with van der Waals surface area (Å²) >= 11 is 1.76. The molecule has 4 aromatic heterocycles. The highest BCUT2D eigenvalue weighted by Gasteiger charge is 2.30. The van der Waals surface area contributed by atoms with Crippen LogP contribution < -0.4 is 5.73 Å². The number of imidazole rings is 1. The van der Waals surface area contributed by atoms with Gasteiger partial charge >= 0.3 is 0 Å². The van der Waals surface area contributed by atoms with Gasteiger partial charge in [0.05, 0.1) is 4.88 Å². The van der Waals surface area contributed by atoms with E-state index in [4.69, 9.17) is 10.7 Å². The number of hydrogen-bond acceptors (Lipinski definition) is 6. The van der Waals surface area contributed by atoms with E-state index in [0.717, 1.165) is 53.2 Å². The number of thiophene rings is 1. The van der Waals surface area contributed by atoms with Crippen molar-refractivity contribution in [3.05, 3.63) is 78.1 Å². The van der Waals surface area contributed by atoms with Gasteiger partial charge in [0.25, 0.3) is 0 Å². The van der Waals surface area contributed by atoms with Crippen LogP contribution >= 0.6 is 11.3 Å². The van der Waals surface area contributed by atoms with Crippen molar-refractivity contribution in [2.24, 2.45) is 5.92 Å². The molecular formula is C28H27N5OS. The van der Waals surface area contributed by atoms with Gasteiger partial charge in [-0.2, -0.15) is 0 Å². The second kappa shape index (κ2) is 8.89. The van der Waals surface area contributed by atoms with E-state index in [0.29, 0.717) is 18.0 Å². The molecule has 0 amide bonds. The highest BCUT2D eigenvalue weighted by molar-refractivity contribution is 7.22. The molecule has 1 fully saturated rings. The molecule has 0 spiro atoms. The number of fused-ring (bicyclic) bond motifs is 2. The van der Waals surface area contributed by atoms with Crippen LogP contribution in [0.25, 0.3) is 26.2 Å². The quantitative estimate of drug-likeness (QED) is 0.334. The van der Waals surface area contributed by atoms with Crippen molar-refractivity contribution in [1.29, 1.82) is 0 Å². The van der Waals surface area contributed by atoms with Gasteiger partial charge in [0, 0.05) is 47.7 Å². The summed E-state index contributed by atoms with van der Waals surface area (Å²) < 4.78 is 3.40. The molecule has 1 saturated carbocycles. The molecule has 0 radical (unpaired) electrons. The van der Waals surface area contributed by atoms with Crippen LogP contribution in [-0.4, -0.2) is 25.1 Å². The minimum atomic E-state index is 0.106. The molecule has 0 bridgehead atoms. The summed E-state index contributed by atoms with van der Waals surface area (Å²) in [7, 11) is 0. The number of nitrogens with two attached hydrogens (primary N) is 1. The van der Waals surface area contributed by atoms with E-state index in [-0.39, 0.29) is 11.8 Å². The number of carbonyl (C=O) groups is 1. The van der Waals surface area contributed by atoms with Gasteiger partial charge < -0.3 is 5.73 Å². The third-order valence-electron chi connectivity index (χ3n) is 7.23. The number of rotatable bonds is 5. The first-order valence-corrected chi connectivity index (χ1v) is 12.9. The molecular weight excluding hydrogens is 454 g/mol. The number of nitrogen functional groups attached to an aromatic ring is 1. The molecule has 0 atom stereocenters. The summed E-state index contributed by atoms with van der Waals surface area (Å²) in [6.07, 6.45) is 11.4. The van der Waals surface area contributed by atoms with E-state index in [1.165, 1.54) is 15.6 Å². The van der Waals surface area contributed by atoms with Crippen molar-refractivity contribution in [3.63, 3.8) is 0 Å². The van der Waals surface area contributed by atoms with Gasteiger partial charge in [-0.3, -0.25) is 14.2 Å². The van der Waals surface area contributed by atoms with Crippen molar-refractivity contribution in [2.45, 2.75) is 44.9 Å². The summed E-state index contributed by atoms with van der Waals surface area (Å²) in [5, 5.41) is 1.22. The Morgan fingerprint density at radius 1 is 1.14 bits per heavy atom. The van der Waals surface area contributed by atoms with Crippen molar-refractivity contribution in [2.75, 3.05) is 5.73 Å². The maximum absolute atomic E-state index is 12.9. The lowest BCUT2D eigenvalue weighted by Gasteiger charge is -2.27. The van der Waals surface area contributed by atoms with Crippen LogP contribution in [0.3, 0.4) is 0 Å². The SMILES string of the molecule is Cc1cccc2cc(-c3nc(C4CCC(C(=O)Cc5cccnc5)CC4)n4ccnc(N)c34)sc12. The number of anilines is 1. The molecule has 1 aliphatic rings. The molecule has 2 N–H and O–H groups in total. The van der Waals surface area contributed by atoms with Gasteiger partial charge in [-0.15, -0.1) is 11.3 Å². The molecule has 176 valence electrons. The summed E-state index contributed by atoms with van der Waals surface area (Å²) in [5.74, 6) is 2.23. The average molecular weight is 482 g/mol. The number of hydrogen-bond donors (Lipinski definition) is 1. The number of aryl methyl sites for hydroxylation is 1. The monoisotopic (exact) mass is 481 g/mol. The van der Waals surface area contributed by atoms with Gasteiger partial charge in [-0.25, -0.2) is 9.97 Å². The lowest BCUT2D eigenvalue weighted by atomic mass is 9.78. The summed E-state index contributed by atoms with van der Waals surface area (Å²) in [6.45, 7) is 2.14. The van der Waals surface area contributed by atoms with Crippen LogP contribution in [0.1, 0.15) is 48.6 Å². The van der Waals surface area contributed by atoms with E-state index in [2.05, 4.69) is 45.6 Å². The minimum absolute atomic E-state index is 0.106. The predicted molar refractivity (Wildman–Crippen MR) is 141 cm³/mol. The number of aromatic nitrogens is 4. The first-order valence-electron chi connectivity index (χ1n) is 12.1. The number of pyridine rings is 1. The smallest absolute Gasteiger partial charge is 0.150 e. The number of nitrogens with zero attached hydrogens (tertiary/aromatic N) is 4. The molecule has 4 heterocycles. The Morgan fingerprint density at radius 2 is 2.00 bits per heavy atom. The van der Waals surface area contributed by atoms with E-state index >= 15 is 0 Å². The van der Waals surface area contributed by atoms with Crippen molar-refractivity contribution in [3.8, 4) is 10.6 Å². The van der Waals surface area contributed by atoms with Crippen LogP contribution in [0.5, 0.6) is 0 Å². The molecule has 0 unspecified atom stereocenters. The van der Waals surface area contributed by atoms with E-state index in [1.54, 1.807) is 29.9 Å². The van der Waals surface area contributed by atoms with Crippen molar-refractivity contribution >= 4 is 38.5 Å². The summed E-state index contributed by atoms with van der Waals surface area (Å²) in [4.78, 5) is 27.7. The van der Waals surface area contributed by atoms with Gasteiger partial charge in [-0.05, 0) is 61.3 Å². The normalized spacial score (nSPS) is 18.3. The van der Waals surface area contributed by atoms with Crippen LogP contribution in [0.4, 0.5) is 5.82 Å². The van der Waals surface area contributed by atoms with Gasteiger partial charge in [0.1, 0.15) is 28.6 Å². The number of carbonyl (C=O) groups excluding carboxylic acids is 1. The summed E-state index contributed by atoms with van der Waals surface area (Å²) in [5.41, 5.74) is 10.4. The van der Waals surface area contributed by atoms with Gasteiger partial charge in [-0.1, -0.05) is 24.3 Å². The Bertz CT molecular complexity index is 1530. The van der Waals surface area contributed by atoms with Crippen LogP contribution in [0, 0.1) is 12.8 Å².